The number of nitrogens with one attached hydrogen (secondary N) is 2. The molecule has 0 spiro atoms. The Morgan fingerprint density at radius 2 is 1.92 bits per heavy atom. The number of ether oxygens (including phenoxy) is 1. The Bertz CT molecular complexity index is 930. The van der Waals surface area contributed by atoms with Gasteiger partial charge in [-0.3, -0.25) is 4.79 Å². The smallest absolute Gasteiger partial charge is 0.410 e. The third-order valence-corrected chi connectivity index (χ3v) is 6.94. The highest BCUT2D eigenvalue weighted by atomic mass is 16.6. The van der Waals surface area contributed by atoms with Crippen molar-refractivity contribution in [3.05, 3.63) is 23.4 Å². The Balaban J connectivity index is 1.32. The number of aromatic nitrogens is 1. The molecule has 2 aliphatic heterocycles. The molecule has 9 heteroatoms. The highest BCUT2D eigenvalue weighted by molar-refractivity contribution is 5.84. The number of carbonyl (C=O) groups is 3. The molecule has 2 atom stereocenters. The summed E-state index contributed by atoms with van der Waals surface area (Å²) < 4.78 is 5.45. The van der Waals surface area contributed by atoms with Crippen LogP contribution in [0.25, 0.3) is 0 Å². The first-order valence-corrected chi connectivity index (χ1v) is 13.9. The van der Waals surface area contributed by atoms with Gasteiger partial charge < -0.3 is 25.4 Å². The average Bonchev–Trinajstić information content (AvgIpc) is 3.29. The number of hydrogen-bond donors (Lipinski definition) is 3. The number of fused-ring (bicyclic) bond motifs is 1. The third-order valence-electron chi connectivity index (χ3n) is 6.94. The van der Waals surface area contributed by atoms with E-state index in [1.165, 1.54) is 5.56 Å². The van der Waals surface area contributed by atoms with E-state index >= 15 is 0 Å². The number of likely N-dealkylation sites (tertiary alicyclic amines) is 1. The molecule has 206 valence electrons. The van der Waals surface area contributed by atoms with Gasteiger partial charge in [0.2, 0.25) is 5.91 Å². The van der Waals surface area contributed by atoms with E-state index in [1.807, 2.05) is 20.8 Å². The lowest BCUT2D eigenvalue weighted by Gasteiger charge is -2.28. The summed E-state index contributed by atoms with van der Waals surface area (Å²) in [7, 11) is 0. The molecule has 3 heterocycles. The van der Waals surface area contributed by atoms with Crippen LogP contribution < -0.4 is 10.6 Å². The van der Waals surface area contributed by atoms with Gasteiger partial charge in [-0.15, -0.1) is 0 Å². The van der Waals surface area contributed by atoms with Crippen LogP contribution >= 0.6 is 0 Å². The SMILES string of the molecule is CC(C)(C)OC(=O)N1CCCC1CC(=O)NC(CCCCCCCc1ccc2c(n1)NCCC2)C(=O)O. The van der Waals surface area contributed by atoms with Crippen molar-refractivity contribution in [2.45, 2.75) is 116 Å². The highest BCUT2D eigenvalue weighted by Crippen LogP contribution is 2.23. The molecule has 3 rings (SSSR count). The van der Waals surface area contributed by atoms with E-state index in [0.29, 0.717) is 19.4 Å². The van der Waals surface area contributed by atoms with E-state index in [9.17, 15) is 19.5 Å². The molecule has 0 bridgehead atoms. The van der Waals surface area contributed by atoms with Crippen molar-refractivity contribution < 1.29 is 24.2 Å². The van der Waals surface area contributed by atoms with Gasteiger partial charge in [0.25, 0.3) is 0 Å². The number of hydrogen-bond acceptors (Lipinski definition) is 6. The van der Waals surface area contributed by atoms with E-state index in [1.54, 1.807) is 4.90 Å². The first kappa shape index (κ1) is 28.7. The molecular weight excluding hydrogens is 472 g/mol. The van der Waals surface area contributed by atoms with Crippen LogP contribution in [0.1, 0.15) is 96.2 Å². The molecule has 0 radical (unpaired) electrons. The van der Waals surface area contributed by atoms with Gasteiger partial charge in [-0.25, -0.2) is 14.6 Å². The Hall–Kier alpha value is -2.84. The minimum absolute atomic E-state index is 0.0925. The minimum atomic E-state index is -1.02. The van der Waals surface area contributed by atoms with Gasteiger partial charge in [-0.2, -0.15) is 0 Å². The molecule has 1 aromatic rings. The van der Waals surface area contributed by atoms with Gasteiger partial charge in [0, 0.05) is 31.2 Å². The van der Waals surface area contributed by atoms with E-state index in [4.69, 9.17) is 9.72 Å². The molecule has 0 saturated carbocycles. The lowest BCUT2D eigenvalue weighted by molar-refractivity contribution is -0.142. The number of aryl methyl sites for hydroxylation is 2. The van der Waals surface area contributed by atoms with Gasteiger partial charge >= 0.3 is 12.1 Å². The van der Waals surface area contributed by atoms with Crippen molar-refractivity contribution in [2.75, 3.05) is 18.4 Å². The largest absolute Gasteiger partial charge is 0.480 e. The molecule has 2 aliphatic rings. The third kappa shape index (κ3) is 9.52. The number of aliphatic carboxylic acids is 1. The second-order valence-corrected chi connectivity index (χ2v) is 11.3. The van der Waals surface area contributed by atoms with Crippen LogP contribution in [0.2, 0.25) is 0 Å². The summed E-state index contributed by atoms with van der Waals surface area (Å²) in [5.41, 5.74) is 1.82. The van der Waals surface area contributed by atoms with Crippen molar-refractivity contribution >= 4 is 23.8 Å². The number of unbranched alkanes of at least 4 members (excludes halogenated alkanes) is 4. The van der Waals surface area contributed by atoms with E-state index in [-0.39, 0.29) is 18.4 Å². The van der Waals surface area contributed by atoms with Crippen LogP contribution in [0.5, 0.6) is 0 Å². The van der Waals surface area contributed by atoms with E-state index in [2.05, 4.69) is 22.8 Å². The first-order valence-electron chi connectivity index (χ1n) is 13.9. The summed E-state index contributed by atoms with van der Waals surface area (Å²) in [6.45, 7) is 6.97. The summed E-state index contributed by atoms with van der Waals surface area (Å²) in [6, 6.07) is 3.15. The molecule has 0 aliphatic carbocycles. The predicted molar refractivity (Wildman–Crippen MR) is 143 cm³/mol. The fourth-order valence-electron chi connectivity index (χ4n) is 5.03. The molecule has 3 N–H and O–H groups in total. The van der Waals surface area contributed by atoms with Gasteiger partial charge in [0.05, 0.1) is 0 Å². The van der Waals surface area contributed by atoms with Crippen LogP contribution in [0, 0.1) is 0 Å². The number of amides is 2. The summed E-state index contributed by atoms with van der Waals surface area (Å²) in [5, 5.41) is 15.6. The molecule has 0 aromatic carbocycles. The zero-order valence-corrected chi connectivity index (χ0v) is 22.7. The Kier molecular flexibility index (Phi) is 10.6. The Morgan fingerprint density at radius 1 is 1.16 bits per heavy atom. The average molecular weight is 517 g/mol. The zero-order valence-electron chi connectivity index (χ0n) is 22.7. The van der Waals surface area contributed by atoms with Crippen molar-refractivity contribution in [3.8, 4) is 0 Å². The Morgan fingerprint density at radius 3 is 2.68 bits per heavy atom. The summed E-state index contributed by atoms with van der Waals surface area (Å²) >= 11 is 0. The molecule has 2 unspecified atom stereocenters. The van der Waals surface area contributed by atoms with Gasteiger partial charge in [-0.05, 0) is 77.3 Å². The summed E-state index contributed by atoms with van der Waals surface area (Å²) in [6.07, 6.45) is 9.61. The fourth-order valence-corrected chi connectivity index (χ4v) is 5.03. The number of rotatable bonds is 12. The lowest BCUT2D eigenvalue weighted by Crippen LogP contribution is -2.45. The molecule has 1 aromatic heterocycles. The van der Waals surface area contributed by atoms with Gasteiger partial charge in [0.1, 0.15) is 17.5 Å². The van der Waals surface area contributed by atoms with Crippen molar-refractivity contribution in [1.82, 2.24) is 15.2 Å². The van der Waals surface area contributed by atoms with Gasteiger partial charge in [-0.1, -0.05) is 31.7 Å². The highest BCUT2D eigenvalue weighted by Gasteiger charge is 2.34. The lowest BCUT2D eigenvalue weighted by atomic mass is 10.0. The molecule has 37 heavy (non-hydrogen) atoms. The van der Waals surface area contributed by atoms with Crippen LogP contribution in [-0.4, -0.2) is 63.7 Å². The van der Waals surface area contributed by atoms with Crippen LogP contribution in [0.4, 0.5) is 10.6 Å². The fraction of sp³-hybridized carbons (Fsp3) is 0.714. The molecule has 1 fully saturated rings. The van der Waals surface area contributed by atoms with Crippen LogP contribution in [0.15, 0.2) is 12.1 Å². The normalized spacial score (nSPS) is 18.0. The predicted octanol–water partition coefficient (Wildman–Crippen LogP) is 4.68. The molecule has 9 nitrogen and oxygen atoms in total. The molecule has 1 saturated heterocycles. The maximum Gasteiger partial charge on any atom is 0.410 e. The van der Waals surface area contributed by atoms with Crippen molar-refractivity contribution in [3.63, 3.8) is 0 Å². The zero-order chi connectivity index (χ0) is 26.8. The number of nitrogens with zero attached hydrogens (tertiary/aromatic N) is 2. The van der Waals surface area contributed by atoms with Crippen molar-refractivity contribution in [2.24, 2.45) is 0 Å². The van der Waals surface area contributed by atoms with Crippen LogP contribution in [0.3, 0.4) is 0 Å². The van der Waals surface area contributed by atoms with Crippen LogP contribution in [-0.2, 0) is 27.2 Å². The number of carboxylic acid groups (broad SMARTS) is 1. The number of carboxylic acids is 1. The maximum atomic E-state index is 12.6. The second kappa shape index (κ2) is 13.6. The Labute approximate surface area is 220 Å². The van der Waals surface area contributed by atoms with E-state index in [0.717, 1.165) is 75.8 Å². The summed E-state index contributed by atoms with van der Waals surface area (Å²) in [4.78, 5) is 43.1. The monoisotopic (exact) mass is 516 g/mol. The minimum Gasteiger partial charge on any atom is -0.480 e. The molecular formula is C28H44N4O5. The number of anilines is 1. The van der Waals surface area contributed by atoms with Crippen molar-refractivity contribution in [1.29, 1.82) is 0 Å². The topological polar surface area (TPSA) is 121 Å². The second-order valence-electron chi connectivity index (χ2n) is 11.3. The first-order chi connectivity index (χ1) is 17.6. The quantitative estimate of drug-likeness (QED) is 0.345. The number of carbonyl (C=O) groups excluding carboxylic acids is 2. The standard InChI is InChI=1S/C28H44N4O5/c1-28(2,3)37-27(36)32-18-10-13-22(32)19-24(33)31-23(26(34)35)14-8-6-4-5-7-12-21-16-15-20-11-9-17-29-25(20)30-21/h15-16,22-23H,4-14,17-19H2,1-3H3,(H,29,30)(H,31,33)(H,34,35). The summed E-state index contributed by atoms with van der Waals surface area (Å²) in [5.74, 6) is -0.313. The van der Waals surface area contributed by atoms with Gasteiger partial charge in [0.15, 0.2) is 0 Å². The number of pyridine rings is 1. The maximum absolute atomic E-state index is 12.6. The molecule has 2 amide bonds. The van der Waals surface area contributed by atoms with E-state index < -0.39 is 23.7 Å².